The van der Waals surface area contributed by atoms with Crippen molar-refractivity contribution in [1.82, 2.24) is 15.5 Å². The normalized spacial score (nSPS) is 10.6. The van der Waals surface area contributed by atoms with Gasteiger partial charge in [-0.15, -0.1) is 5.10 Å². The van der Waals surface area contributed by atoms with E-state index in [1.807, 2.05) is 6.92 Å². The van der Waals surface area contributed by atoms with Gasteiger partial charge in [0.1, 0.15) is 10.0 Å². The Morgan fingerprint density at radius 2 is 2.17 bits per heavy atom. The second-order valence-corrected chi connectivity index (χ2v) is 5.21. The zero-order valence-electron chi connectivity index (χ0n) is 9.61. The van der Waals surface area contributed by atoms with Crippen LogP contribution in [0, 0.1) is 0 Å². The predicted molar refractivity (Wildman–Crippen MR) is 73.8 cm³/mol. The number of halogens is 2. The number of hydrogen-bond donors (Lipinski definition) is 1. The average Bonchev–Trinajstić information content (AvgIpc) is 2.80. The minimum Gasteiger partial charge on any atom is -0.428 e. The van der Waals surface area contributed by atoms with Crippen LogP contribution in [-0.2, 0) is 6.54 Å². The smallest absolute Gasteiger partial charge is 0.299 e. The van der Waals surface area contributed by atoms with E-state index in [-0.39, 0.29) is 0 Å². The fourth-order valence-corrected chi connectivity index (χ4v) is 2.24. The minimum atomic E-state index is 0.377. The third-order valence-electron chi connectivity index (χ3n) is 2.09. The van der Waals surface area contributed by atoms with E-state index in [0.717, 1.165) is 11.6 Å². The molecule has 0 aliphatic heterocycles. The molecule has 0 saturated carbocycles. The molecule has 0 bridgehead atoms. The Morgan fingerprint density at radius 1 is 1.33 bits per heavy atom. The van der Waals surface area contributed by atoms with Gasteiger partial charge < -0.3 is 10.1 Å². The summed E-state index contributed by atoms with van der Waals surface area (Å²) in [6.45, 7) is 3.60. The van der Waals surface area contributed by atoms with Gasteiger partial charge in [-0.05, 0) is 18.7 Å². The van der Waals surface area contributed by atoms with E-state index in [9.17, 15) is 0 Å². The molecule has 18 heavy (non-hydrogen) atoms. The molecular formula is C11H11Cl2N3OS. The summed E-state index contributed by atoms with van der Waals surface area (Å²) in [5.74, 6) is 0.482. The molecule has 1 aromatic carbocycles. The Labute approximate surface area is 119 Å². The van der Waals surface area contributed by atoms with Crippen LogP contribution in [0.15, 0.2) is 18.2 Å². The van der Waals surface area contributed by atoms with Crippen LogP contribution in [0.1, 0.15) is 11.9 Å². The standard InChI is InChI=1S/C11H11Cl2N3OS/c1-2-14-6-9-15-16-11(18-9)17-8-5-3-4-7(12)10(8)13/h3-5,14H,2,6H2,1H3. The van der Waals surface area contributed by atoms with Crippen LogP contribution in [0.2, 0.25) is 10.0 Å². The van der Waals surface area contributed by atoms with Crippen molar-refractivity contribution in [3.05, 3.63) is 33.3 Å². The maximum atomic E-state index is 6.02. The summed E-state index contributed by atoms with van der Waals surface area (Å²) in [5.41, 5.74) is 0. The molecule has 0 aliphatic carbocycles. The van der Waals surface area contributed by atoms with Gasteiger partial charge in [-0.1, -0.05) is 52.6 Å². The van der Waals surface area contributed by atoms with Gasteiger partial charge in [0, 0.05) is 6.54 Å². The number of aromatic nitrogens is 2. The third kappa shape index (κ3) is 3.32. The maximum absolute atomic E-state index is 6.02. The van der Waals surface area contributed by atoms with Gasteiger partial charge >= 0.3 is 0 Å². The van der Waals surface area contributed by atoms with Crippen LogP contribution in [0.5, 0.6) is 10.9 Å². The second kappa shape index (κ2) is 6.33. The summed E-state index contributed by atoms with van der Waals surface area (Å²) in [6, 6.07) is 5.21. The van der Waals surface area contributed by atoms with Crippen molar-refractivity contribution < 1.29 is 4.74 Å². The van der Waals surface area contributed by atoms with Gasteiger partial charge in [0.2, 0.25) is 0 Å². The first-order valence-corrected chi connectivity index (χ1v) is 6.93. The van der Waals surface area contributed by atoms with Gasteiger partial charge in [-0.3, -0.25) is 0 Å². The molecule has 0 radical (unpaired) electrons. The molecule has 1 aromatic heterocycles. The number of hydrogen-bond acceptors (Lipinski definition) is 5. The highest BCUT2D eigenvalue weighted by molar-refractivity contribution is 7.13. The lowest BCUT2D eigenvalue weighted by Gasteiger charge is -2.04. The van der Waals surface area contributed by atoms with Gasteiger partial charge in [-0.25, -0.2) is 0 Å². The van der Waals surface area contributed by atoms with Gasteiger partial charge in [-0.2, -0.15) is 0 Å². The summed E-state index contributed by atoms with van der Waals surface area (Å²) in [7, 11) is 0. The molecule has 0 aliphatic rings. The van der Waals surface area contributed by atoms with Gasteiger partial charge in [0.05, 0.1) is 5.02 Å². The van der Waals surface area contributed by atoms with E-state index in [1.54, 1.807) is 18.2 Å². The van der Waals surface area contributed by atoms with Crippen molar-refractivity contribution in [2.24, 2.45) is 0 Å². The molecule has 2 aromatic rings. The fourth-order valence-electron chi connectivity index (χ4n) is 1.24. The van der Waals surface area contributed by atoms with Crippen LogP contribution in [0.25, 0.3) is 0 Å². The molecular weight excluding hydrogens is 293 g/mol. The van der Waals surface area contributed by atoms with E-state index >= 15 is 0 Å². The van der Waals surface area contributed by atoms with Crippen molar-refractivity contribution >= 4 is 34.5 Å². The number of nitrogens with one attached hydrogen (secondary N) is 1. The van der Waals surface area contributed by atoms with Crippen LogP contribution < -0.4 is 10.1 Å². The Bertz CT molecular complexity index is 533. The lowest BCUT2D eigenvalue weighted by molar-refractivity contribution is 0.473. The Hall–Kier alpha value is -0.880. The molecule has 7 heteroatoms. The highest BCUT2D eigenvalue weighted by atomic mass is 35.5. The van der Waals surface area contributed by atoms with Crippen LogP contribution in [0.4, 0.5) is 0 Å². The first-order valence-electron chi connectivity index (χ1n) is 5.35. The monoisotopic (exact) mass is 303 g/mol. The Morgan fingerprint density at radius 3 is 2.94 bits per heavy atom. The van der Waals surface area contributed by atoms with Gasteiger partial charge in [0.25, 0.3) is 5.19 Å². The molecule has 1 N–H and O–H groups in total. The average molecular weight is 304 g/mol. The van der Waals surface area contributed by atoms with Crippen molar-refractivity contribution in [1.29, 1.82) is 0 Å². The summed E-state index contributed by atoms with van der Waals surface area (Å²) in [6.07, 6.45) is 0. The summed E-state index contributed by atoms with van der Waals surface area (Å²) in [4.78, 5) is 0. The molecule has 0 spiro atoms. The van der Waals surface area contributed by atoms with Crippen molar-refractivity contribution in [2.75, 3.05) is 6.54 Å². The summed E-state index contributed by atoms with van der Waals surface area (Å²) >= 11 is 13.3. The first-order chi connectivity index (χ1) is 8.70. The van der Waals surface area contributed by atoms with E-state index < -0.39 is 0 Å². The van der Waals surface area contributed by atoms with Crippen molar-refractivity contribution in [2.45, 2.75) is 13.5 Å². The molecule has 0 unspecified atom stereocenters. The fraction of sp³-hybridized carbons (Fsp3) is 0.273. The third-order valence-corrected chi connectivity index (χ3v) is 3.69. The van der Waals surface area contributed by atoms with Crippen molar-refractivity contribution in [3.8, 4) is 10.9 Å². The second-order valence-electron chi connectivity index (χ2n) is 3.40. The topological polar surface area (TPSA) is 47.0 Å². The van der Waals surface area contributed by atoms with Crippen LogP contribution >= 0.6 is 34.5 Å². The molecule has 1 heterocycles. The molecule has 4 nitrogen and oxygen atoms in total. The minimum absolute atomic E-state index is 0.377. The highest BCUT2D eigenvalue weighted by Crippen LogP contribution is 2.35. The molecule has 0 atom stereocenters. The molecule has 96 valence electrons. The number of rotatable bonds is 5. The zero-order valence-corrected chi connectivity index (χ0v) is 11.9. The Balaban J connectivity index is 2.09. The first kappa shape index (κ1) is 13.5. The lowest BCUT2D eigenvalue weighted by Crippen LogP contribution is -2.11. The molecule has 0 amide bonds. The quantitative estimate of drug-likeness (QED) is 0.914. The largest absolute Gasteiger partial charge is 0.428 e. The van der Waals surface area contributed by atoms with E-state index in [4.69, 9.17) is 27.9 Å². The number of ether oxygens (including phenoxy) is 1. The predicted octanol–water partition coefficient (Wildman–Crippen LogP) is 3.75. The molecule has 0 fully saturated rings. The SMILES string of the molecule is CCNCc1nnc(Oc2cccc(Cl)c2Cl)s1. The zero-order chi connectivity index (χ0) is 13.0. The maximum Gasteiger partial charge on any atom is 0.299 e. The number of benzene rings is 1. The molecule has 2 rings (SSSR count). The lowest BCUT2D eigenvalue weighted by atomic mass is 10.3. The number of nitrogens with zero attached hydrogens (tertiary/aromatic N) is 2. The molecule has 0 saturated heterocycles. The Kier molecular flexibility index (Phi) is 4.77. The van der Waals surface area contributed by atoms with Crippen molar-refractivity contribution in [3.63, 3.8) is 0 Å². The van der Waals surface area contributed by atoms with E-state index in [2.05, 4.69) is 15.5 Å². The summed E-state index contributed by atoms with van der Waals surface area (Å²) < 4.78 is 5.55. The van der Waals surface area contributed by atoms with Crippen LogP contribution in [0.3, 0.4) is 0 Å². The van der Waals surface area contributed by atoms with Gasteiger partial charge in [0.15, 0.2) is 5.75 Å². The van der Waals surface area contributed by atoms with E-state index in [1.165, 1.54) is 11.3 Å². The van der Waals surface area contributed by atoms with E-state index in [0.29, 0.717) is 27.5 Å². The summed E-state index contributed by atoms with van der Waals surface area (Å²) in [5, 5.41) is 13.3. The van der Waals surface area contributed by atoms with Crippen LogP contribution in [-0.4, -0.2) is 16.7 Å². The highest BCUT2D eigenvalue weighted by Gasteiger charge is 2.10.